The van der Waals surface area contributed by atoms with Crippen molar-refractivity contribution in [2.75, 3.05) is 45.3 Å². The first-order chi connectivity index (χ1) is 26.8. The number of Topliss-reactive ketones (excluding diaryl/α,β-unsaturated/α-hetero) is 1. The van der Waals surface area contributed by atoms with E-state index < -0.39 is 64.4 Å². The number of carbonyl (C=O) groups is 7. The highest BCUT2D eigenvalue weighted by molar-refractivity contribution is 8.18. The molecule has 2 saturated heterocycles. The van der Waals surface area contributed by atoms with Crippen molar-refractivity contribution in [1.82, 2.24) is 31.1 Å². The minimum atomic E-state index is -1.16. The zero-order valence-electron chi connectivity index (χ0n) is 33.0. The maximum absolute atomic E-state index is 14.6. The Morgan fingerprint density at radius 3 is 2.20 bits per heavy atom. The van der Waals surface area contributed by atoms with Crippen LogP contribution in [0.2, 0.25) is 0 Å². The number of thioether (sulfide) groups is 2. The number of carbonyl (C=O) groups excluding carboxylic acids is 7. The van der Waals surface area contributed by atoms with Gasteiger partial charge in [0.25, 0.3) is 5.91 Å². The fraction of sp³-hybridized carbons (Fsp3) is 0.675. The molecule has 4 N–H and O–H groups in total. The molecule has 14 nitrogen and oxygen atoms in total. The van der Waals surface area contributed by atoms with Gasteiger partial charge in [-0.05, 0) is 60.5 Å². The first-order valence-electron chi connectivity index (χ1n) is 20.0. The van der Waals surface area contributed by atoms with E-state index in [4.69, 9.17) is 4.74 Å². The average Bonchev–Trinajstić information content (AvgIpc) is 3.95. The Balaban J connectivity index is 1.29. The van der Waals surface area contributed by atoms with Crippen LogP contribution in [-0.4, -0.2) is 119 Å². The molecule has 6 amide bonds. The molecule has 2 heterocycles. The monoisotopic (exact) mass is 814 g/mol. The van der Waals surface area contributed by atoms with Crippen LogP contribution in [0.1, 0.15) is 89.7 Å². The standard InChI is InChI=1S/C40H58N6O8S2/c1-25(2)23-54-39(53)44-33(28-14-9-6-10-15-28)38(52)46-24-40(55-18-11-19-56-40)21-30(46)35(49)42-29(20-26-16-17-26)34(48)36(50)41-22-31(47)43-32(37(51)45(3)4)27-12-7-5-8-13-27/h5,7-8,12-13,25-26,28-30,32-33H,6,9-11,14-24H2,1-4H3,(H,41,50)(H,42,49)(H,43,47)(H,44,53)/t29?,30?,32?,33-/m0/s1. The SMILES string of the molecule is CC(C)COC(=O)N[C@H](C(=O)N1CC2(CC1C(=O)NC(CC1CC1)C(=O)C(=O)NCC(=O)NC(C(=O)N(C)C)c1ccccc1)SCCCS2)C1CCCCC1. The van der Waals surface area contributed by atoms with Gasteiger partial charge in [-0.1, -0.05) is 76.3 Å². The van der Waals surface area contributed by atoms with Crippen molar-refractivity contribution in [2.24, 2.45) is 17.8 Å². The molecule has 56 heavy (non-hydrogen) atoms. The Hall–Kier alpha value is -3.79. The van der Waals surface area contributed by atoms with Gasteiger partial charge >= 0.3 is 6.09 Å². The lowest BCUT2D eigenvalue weighted by Gasteiger charge is -2.35. The van der Waals surface area contributed by atoms with Gasteiger partial charge in [0.2, 0.25) is 29.4 Å². The topological polar surface area (TPSA) is 183 Å². The third kappa shape index (κ3) is 11.9. The summed E-state index contributed by atoms with van der Waals surface area (Å²) < 4.78 is 5.01. The van der Waals surface area contributed by atoms with Crippen LogP contribution in [0.15, 0.2) is 30.3 Å². The Labute approximate surface area is 338 Å². The number of hydrogen-bond acceptors (Lipinski definition) is 10. The van der Waals surface area contributed by atoms with Crippen LogP contribution >= 0.6 is 23.5 Å². The van der Waals surface area contributed by atoms with Gasteiger partial charge in [0, 0.05) is 27.1 Å². The van der Waals surface area contributed by atoms with Crippen molar-refractivity contribution in [3.05, 3.63) is 35.9 Å². The molecule has 0 radical (unpaired) electrons. The molecule has 4 fully saturated rings. The van der Waals surface area contributed by atoms with Gasteiger partial charge in [0.1, 0.15) is 18.1 Å². The van der Waals surface area contributed by atoms with E-state index in [1.54, 1.807) is 72.9 Å². The summed E-state index contributed by atoms with van der Waals surface area (Å²) in [5.74, 6) is -1.86. The van der Waals surface area contributed by atoms with Crippen LogP contribution in [0.25, 0.3) is 0 Å². The average molecular weight is 815 g/mol. The molecule has 2 aliphatic heterocycles. The maximum atomic E-state index is 14.6. The van der Waals surface area contributed by atoms with E-state index in [1.807, 2.05) is 13.8 Å². The predicted octanol–water partition coefficient (Wildman–Crippen LogP) is 3.40. The van der Waals surface area contributed by atoms with Crippen LogP contribution in [0.4, 0.5) is 4.79 Å². The summed E-state index contributed by atoms with van der Waals surface area (Å²) in [5.41, 5.74) is 0.562. The summed E-state index contributed by atoms with van der Waals surface area (Å²) in [6.45, 7) is 3.83. The minimum Gasteiger partial charge on any atom is -0.449 e. The smallest absolute Gasteiger partial charge is 0.407 e. The van der Waals surface area contributed by atoms with E-state index in [1.165, 1.54) is 4.90 Å². The highest BCUT2D eigenvalue weighted by Gasteiger charge is 2.52. The number of alkyl carbamates (subject to hydrolysis) is 1. The zero-order valence-corrected chi connectivity index (χ0v) is 34.6. The maximum Gasteiger partial charge on any atom is 0.407 e. The Kier molecular flexibility index (Phi) is 15.5. The Morgan fingerprint density at radius 2 is 1.57 bits per heavy atom. The number of nitrogens with one attached hydrogen (secondary N) is 4. The third-order valence-electron chi connectivity index (χ3n) is 10.8. The zero-order chi connectivity index (χ0) is 40.4. The molecule has 1 aromatic carbocycles. The molecule has 16 heteroatoms. The third-order valence-corrected chi connectivity index (χ3v) is 14.1. The number of benzene rings is 1. The predicted molar refractivity (Wildman–Crippen MR) is 215 cm³/mol. The van der Waals surface area contributed by atoms with Crippen LogP contribution in [0.3, 0.4) is 0 Å². The molecular formula is C40H58N6O8S2. The molecule has 0 aromatic heterocycles. The summed E-state index contributed by atoms with van der Waals surface area (Å²) >= 11 is 3.48. The number of ketones is 1. The van der Waals surface area contributed by atoms with E-state index in [2.05, 4.69) is 21.3 Å². The van der Waals surface area contributed by atoms with Crippen LogP contribution < -0.4 is 21.3 Å². The van der Waals surface area contributed by atoms with Crippen LogP contribution in [-0.2, 0) is 33.5 Å². The van der Waals surface area contributed by atoms with Crippen molar-refractivity contribution in [1.29, 1.82) is 0 Å². The van der Waals surface area contributed by atoms with Crippen molar-refractivity contribution in [3.63, 3.8) is 0 Å². The van der Waals surface area contributed by atoms with Gasteiger partial charge in [-0.3, -0.25) is 28.8 Å². The molecule has 5 rings (SSSR count). The van der Waals surface area contributed by atoms with Crippen LogP contribution in [0.5, 0.6) is 0 Å². The number of rotatable bonds is 16. The molecule has 3 unspecified atom stereocenters. The summed E-state index contributed by atoms with van der Waals surface area (Å²) in [7, 11) is 3.15. The molecule has 308 valence electrons. The normalized spacial score (nSPS) is 21.0. The molecule has 1 spiro atoms. The van der Waals surface area contributed by atoms with Gasteiger partial charge in [-0.15, -0.1) is 23.5 Å². The van der Waals surface area contributed by atoms with Crippen molar-refractivity contribution in [2.45, 2.75) is 106 Å². The first-order valence-corrected chi connectivity index (χ1v) is 21.9. The first kappa shape index (κ1) is 43.3. The van der Waals surface area contributed by atoms with E-state index in [9.17, 15) is 33.6 Å². The number of likely N-dealkylation sites (tertiary alicyclic amines) is 1. The number of hydrogen-bond donors (Lipinski definition) is 4. The van der Waals surface area contributed by atoms with Crippen molar-refractivity contribution in [3.8, 4) is 0 Å². The van der Waals surface area contributed by atoms with Crippen molar-refractivity contribution < 1.29 is 38.3 Å². The Morgan fingerprint density at radius 1 is 0.893 bits per heavy atom. The molecule has 1 aromatic rings. The van der Waals surface area contributed by atoms with Gasteiger partial charge in [-0.25, -0.2) is 4.79 Å². The highest BCUT2D eigenvalue weighted by atomic mass is 32.2. The fourth-order valence-electron chi connectivity index (χ4n) is 7.56. The fourth-order valence-corrected chi connectivity index (χ4v) is 10.9. The van der Waals surface area contributed by atoms with E-state index in [0.29, 0.717) is 18.5 Å². The number of nitrogens with zero attached hydrogens (tertiary/aromatic N) is 2. The number of ether oxygens (including phenoxy) is 1. The summed E-state index contributed by atoms with van der Waals surface area (Å²) in [5, 5.41) is 10.8. The molecule has 4 aliphatic rings. The Bertz CT molecular complexity index is 1580. The van der Waals surface area contributed by atoms with E-state index >= 15 is 0 Å². The molecule has 4 atom stereocenters. The largest absolute Gasteiger partial charge is 0.449 e. The van der Waals surface area contributed by atoms with E-state index in [0.717, 1.165) is 62.9 Å². The van der Waals surface area contributed by atoms with Gasteiger partial charge < -0.3 is 35.8 Å². The minimum absolute atomic E-state index is 0.108. The highest BCUT2D eigenvalue weighted by Crippen LogP contribution is 2.51. The van der Waals surface area contributed by atoms with Gasteiger partial charge in [0.15, 0.2) is 0 Å². The molecule has 0 bridgehead atoms. The van der Waals surface area contributed by atoms with Gasteiger partial charge in [0.05, 0.1) is 23.3 Å². The van der Waals surface area contributed by atoms with Crippen LogP contribution in [0, 0.1) is 17.8 Å². The lowest BCUT2D eigenvalue weighted by Crippen LogP contribution is -2.58. The molecule has 2 saturated carbocycles. The second-order valence-electron chi connectivity index (χ2n) is 16.1. The second-order valence-corrected chi connectivity index (χ2v) is 19.3. The molecular weight excluding hydrogens is 757 g/mol. The number of likely N-dealkylation sites (N-methyl/N-ethyl adjacent to an activating group) is 1. The summed E-state index contributed by atoms with van der Waals surface area (Å²) in [6, 6.07) is 4.76. The van der Waals surface area contributed by atoms with Crippen molar-refractivity contribution >= 4 is 64.9 Å². The number of amides is 6. The summed E-state index contributed by atoms with van der Waals surface area (Å²) in [4.78, 5) is 97.8. The van der Waals surface area contributed by atoms with E-state index in [-0.39, 0.29) is 42.6 Å². The summed E-state index contributed by atoms with van der Waals surface area (Å²) in [6.07, 6.45) is 7.15. The lowest BCUT2D eigenvalue weighted by molar-refractivity contribution is -0.143. The second kappa shape index (κ2) is 20.1. The quantitative estimate of drug-likeness (QED) is 0.181. The van der Waals surface area contributed by atoms with Gasteiger partial charge in [-0.2, -0.15) is 0 Å². The molecule has 2 aliphatic carbocycles. The lowest BCUT2D eigenvalue weighted by atomic mass is 9.83.